The van der Waals surface area contributed by atoms with Gasteiger partial charge < -0.3 is 5.32 Å². The Kier molecular flexibility index (Phi) is 3.56. The van der Waals surface area contributed by atoms with E-state index in [0.29, 0.717) is 6.04 Å². The van der Waals surface area contributed by atoms with Gasteiger partial charge in [0.2, 0.25) is 5.91 Å². The third kappa shape index (κ3) is 2.52. The van der Waals surface area contributed by atoms with E-state index in [0.717, 1.165) is 12.1 Å². The van der Waals surface area contributed by atoms with Crippen LogP contribution >= 0.6 is 0 Å². The molecule has 3 nitrogen and oxygen atoms in total. The van der Waals surface area contributed by atoms with E-state index in [9.17, 15) is 4.79 Å². The van der Waals surface area contributed by atoms with Gasteiger partial charge in [-0.2, -0.15) is 0 Å². The van der Waals surface area contributed by atoms with Gasteiger partial charge in [-0.15, -0.1) is 0 Å². The van der Waals surface area contributed by atoms with Gasteiger partial charge in [0.25, 0.3) is 0 Å². The Hall–Kier alpha value is -1.35. The average Bonchev–Trinajstić information content (AvgIpc) is 2.47. The van der Waals surface area contributed by atoms with Crippen molar-refractivity contribution in [1.29, 1.82) is 0 Å². The molecule has 3 heteroatoms. The molecule has 102 valence electrons. The highest BCUT2D eigenvalue weighted by Crippen LogP contribution is 2.28. The summed E-state index contributed by atoms with van der Waals surface area (Å²) in [6, 6.07) is 8.71. The molecule has 1 atom stereocenters. The average molecular weight is 258 g/mol. The quantitative estimate of drug-likeness (QED) is 0.884. The van der Waals surface area contributed by atoms with Crippen LogP contribution in [0.2, 0.25) is 0 Å². The van der Waals surface area contributed by atoms with E-state index in [4.69, 9.17) is 0 Å². The second-order valence-corrected chi connectivity index (χ2v) is 5.82. The Morgan fingerprint density at radius 2 is 1.89 bits per heavy atom. The number of amides is 1. The van der Waals surface area contributed by atoms with Gasteiger partial charge in [-0.05, 0) is 37.9 Å². The van der Waals surface area contributed by atoms with Crippen molar-refractivity contribution in [2.24, 2.45) is 0 Å². The number of carbonyl (C=O) groups excluding carboxylic acids is 1. The van der Waals surface area contributed by atoms with Crippen LogP contribution in [-0.2, 0) is 11.2 Å². The second kappa shape index (κ2) is 5.33. The monoisotopic (exact) mass is 258 g/mol. The maximum Gasteiger partial charge on any atom is 0.242 e. The van der Waals surface area contributed by atoms with E-state index in [-0.39, 0.29) is 11.9 Å². The lowest BCUT2D eigenvalue weighted by Crippen LogP contribution is -2.50. The smallest absolute Gasteiger partial charge is 0.242 e. The number of likely N-dealkylation sites (N-methyl/N-ethyl adjacent to an activating group) is 1. The van der Waals surface area contributed by atoms with Crippen LogP contribution in [0.15, 0.2) is 24.3 Å². The summed E-state index contributed by atoms with van der Waals surface area (Å²) in [6.45, 7) is 0. The van der Waals surface area contributed by atoms with Crippen LogP contribution in [0.25, 0.3) is 0 Å². The van der Waals surface area contributed by atoms with Crippen molar-refractivity contribution in [3.63, 3.8) is 0 Å². The molecule has 1 N–H and O–H groups in total. The first-order valence-corrected chi connectivity index (χ1v) is 7.36. The molecule has 0 saturated heterocycles. The van der Waals surface area contributed by atoms with Crippen molar-refractivity contribution in [2.45, 2.75) is 50.6 Å². The molecule has 1 fully saturated rings. The molecule has 1 heterocycles. The first-order valence-electron chi connectivity index (χ1n) is 7.36. The number of fused-ring (bicyclic) bond motifs is 1. The highest BCUT2D eigenvalue weighted by atomic mass is 16.2. The third-order valence-electron chi connectivity index (χ3n) is 4.63. The lowest BCUT2D eigenvalue weighted by Gasteiger charge is -2.38. The molecule has 1 aliphatic heterocycles. The number of carbonyl (C=O) groups is 1. The molecule has 0 aromatic heterocycles. The predicted octanol–water partition coefficient (Wildman–Crippen LogP) is 2.81. The maximum absolute atomic E-state index is 12.3. The van der Waals surface area contributed by atoms with Crippen molar-refractivity contribution in [2.75, 3.05) is 12.4 Å². The summed E-state index contributed by atoms with van der Waals surface area (Å²) in [5.41, 5.74) is 2.25. The van der Waals surface area contributed by atoms with Crippen molar-refractivity contribution < 1.29 is 4.79 Å². The van der Waals surface area contributed by atoms with Crippen LogP contribution in [0.5, 0.6) is 0 Å². The predicted molar refractivity (Wildman–Crippen MR) is 77.2 cm³/mol. The number of anilines is 1. The van der Waals surface area contributed by atoms with Crippen LogP contribution in [0.1, 0.15) is 37.7 Å². The second-order valence-electron chi connectivity index (χ2n) is 5.82. The molecule has 1 saturated carbocycles. The lowest BCUT2D eigenvalue weighted by molar-refractivity contribution is -0.122. The van der Waals surface area contributed by atoms with Crippen molar-refractivity contribution in [3.05, 3.63) is 29.8 Å². The zero-order valence-electron chi connectivity index (χ0n) is 11.6. The minimum absolute atomic E-state index is 0.00185. The van der Waals surface area contributed by atoms with Gasteiger partial charge in [0.05, 0.1) is 6.04 Å². The molecular formula is C16H22N2O. The molecule has 3 rings (SSSR count). The molecule has 1 aromatic rings. The first-order chi connectivity index (χ1) is 9.25. The van der Waals surface area contributed by atoms with E-state index in [2.05, 4.69) is 23.3 Å². The van der Waals surface area contributed by atoms with Gasteiger partial charge in [0.1, 0.15) is 0 Å². The standard InChI is InChI=1S/C16H22N2O/c1-18(13-8-3-2-4-9-13)15-11-12-7-5-6-10-14(12)17-16(15)19/h5-7,10,13,15H,2-4,8-9,11H2,1H3,(H,17,19). The fourth-order valence-electron chi connectivity index (χ4n) is 3.41. The molecule has 19 heavy (non-hydrogen) atoms. The van der Waals surface area contributed by atoms with Crippen LogP contribution in [-0.4, -0.2) is 29.9 Å². The lowest BCUT2D eigenvalue weighted by atomic mass is 9.91. The maximum atomic E-state index is 12.3. The van der Waals surface area contributed by atoms with E-state index in [1.54, 1.807) is 0 Å². The van der Waals surface area contributed by atoms with Crippen LogP contribution in [0, 0.1) is 0 Å². The highest BCUT2D eigenvalue weighted by Gasteiger charge is 2.32. The molecule has 1 unspecified atom stereocenters. The Balaban J connectivity index is 1.76. The third-order valence-corrected chi connectivity index (χ3v) is 4.63. The fraction of sp³-hybridized carbons (Fsp3) is 0.562. The van der Waals surface area contributed by atoms with Gasteiger partial charge in [-0.3, -0.25) is 9.69 Å². The first kappa shape index (κ1) is 12.7. The molecule has 1 aliphatic carbocycles. The minimum atomic E-state index is -0.00185. The van der Waals surface area contributed by atoms with Gasteiger partial charge in [0, 0.05) is 11.7 Å². The fourth-order valence-corrected chi connectivity index (χ4v) is 3.41. The molecule has 0 radical (unpaired) electrons. The van der Waals surface area contributed by atoms with Gasteiger partial charge in [-0.25, -0.2) is 0 Å². The topological polar surface area (TPSA) is 32.3 Å². The molecule has 1 aromatic carbocycles. The Labute approximate surface area is 115 Å². The molecular weight excluding hydrogens is 236 g/mol. The summed E-state index contributed by atoms with van der Waals surface area (Å²) in [7, 11) is 2.12. The number of para-hydroxylation sites is 1. The molecule has 1 amide bonds. The van der Waals surface area contributed by atoms with Gasteiger partial charge in [0.15, 0.2) is 0 Å². The van der Waals surface area contributed by atoms with E-state index >= 15 is 0 Å². The Bertz CT molecular complexity index is 466. The highest BCUT2D eigenvalue weighted by molar-refractivity contribution is 5.98. The summed E-state index contributed by atoms with van der Waals surface area (Å²) >= 11 is 0. The summed E-state index contributed by atoms with van der Waals surface area (Å²) in [5.74, 6) is 0.159. The largest absolute Gasteiger partial charge is 0.324 e. The minimum Gasteiger partial charge on any atom is -0.324 e. The Morgan fingerprint density at radius 3 is 2.68 bits per heavy atom. The van der Waals surface area contributed by atoms with E-state index < -0.39 is 0 Å². The number of nitrogens with one attached hydrogen (secondary N) is 1. The normalized spacial score (nSPS) is 24.1. The zero-order valence-corrected chi connectivity index (χ0v) is 11.6. The number of hydrogen-bond donors (Lipinski definition) is 1. The molecule has 0 spiro atoms. The van der Waals surface area contributed by atoms with Crippen LogP contribution in [0.4, 0.5) is 5.69 Å². The summed E-state index contributed by atoms with van der Waals surface area (Å²) in [6.07, 6.45) is 7.28. The summed E-state index contributed by atoms with van der Waals surface area (Å²) in [5, 5.41) is 3.05. The SMILES string of the molecule is CN(C1CCCCC1)C1Cc2ccccc2NC1=O. The molecule has 0 bridgehead atoms. The summed E-state index contributed by atoms with van der Waals surface area (Å²) in [4.78, 5) is 14.6. The molecule has 2 aliphatic rings. The summed E-state index contributed by atoms with van der Waals surface area (Å²) < 4.78 is 0. The van der Waals surface area contributed by atoms with Crippen molar-refractivity contribution in [1.82, 2.24) is 4.90 Å². The van der Waals surface area contributed by atoms with Crippen molar-refractivity contribution in [3.8, 4) is 0 Å². The van der Waals surface area contributed by atoms with Crippen molar-refractivity contribution >= 4 is 11.6 Å². The number of rotatable bonds is 2. The number of nitrogens with zero attached hydrogens (tertiary/aromatic N) is 1. The van der Waals surface area contributed by atoms with Gasteiger partial charge in [-0.1, -0.05) is 37.5 Å². The van der Waals surface area contributed by atoms with Crippen LogP contribution in [0.3, 0.4) is 0 Å². The number of benzene rings is 1. The van der Waals surface area contributed by atoms with Gasteiger partial charge >= 0.3 is 0 Å². The zero-order chi connectivity index (χ0) is 13.2. The van der Waals surface area contributed by atoms with Crippen LogP contribution < -0.4 is 5.32 Å². The van der Waals surface area contributed by atoms with E-state index in [1.807, 2.05) is 18.2 Å². The Morgan fingerprint density at radius 1 is 1.16 bits per heavy atom. The van der Waals surface area contributed by atoms with E-state index in [1.165, 1.54) is 37.7 Å². The number of hydrogen-bond acceptors (Lipinski definition) is 2.